The van der Waals surface area contributed by atoms with Crippen LogP contribution >= 0.6 is 11.5 Å². The van der Waals surface area contributed by atoms with Crippen molar-refractivity contribution in [3.63, 3.8) is 0 Å². The average molecular weight is 233 g/mol. The summed E-state index contributed by atoms with van der Waals surface area (Å²) in [4.78, 5) is 11.8. The minimum absolute atomic E-state index is 0.337. The fourth-order valence-corrected chi connectivity index (χ4v) is 2.01. The van der Waals surface area contributed by atoms with Crippen LogP contribution in [-0.2, 0) is 4.74 Å². The van der Waals surface area contributed by atoms with Gasteiger partial charge in [0.25, 0.3) is 0 Å². The third kappa shape index (κ3) is 2.12. The number of carbonyl (C=O) groups excluding carboxylic acids is 1. The van der Waals surface area contributed by atoms with Crippen LogP contribution in [0.3, 0.4) is 0 Å². The van der Waals surface area contributed by atoms with Crippen molar-refractivity contribution in [1.29, 1.82) is 0 Å². The van der Waals surface area contributed by atoms with E-state index >= 15 is 0 Å². The van der Waals surface area contributed by atoms with Crippen LogP contribution < -0.4 is 0 Å². The van der Waals surface area contributed by atoms with Gasteiger partial charge < -0.3 is 4.74 Å². The van der Waals surface area contributed by atoms with E-state index in [4.69, 9.17) is 0 Å². The third-order valence-corrected chi connectivity index (χ3v) is 3.01. The molecular formula is C12H11NO2S. The number of aryl methyl sites for hydroxylation is 1. The van der Waals surface area contributed by atoms with Crippen LogP contribution in [0.15, 0.2) is 30.3 Å². The predicted molar refractivity (Wildman–Crippen MR) is 63.6 cm³/mol. The molecule has 82 valence electrons. The Kier molecular flexibility index (Phi) is 3.01. The monoisotopic (exact) mass is 233 g/mol. The zero-order valence-corrected chi connectivity index (χ0v) is 9.88. The lowest BCUT2D eigenvalue weighted by atomic mass is 10.1. The Morgan fingerprint density at radius 1 is 1.31 bits per heavy atom. The number of ether oxygens (including phenoxy) is 1. The van der Waals surface area contributed by atoms with Gasteiger partial charge in [-0.15, -0.1) is 0 Å². The summed E-state index contributed by atoms with van der Waals surface area (Å²) in [6.45, 7) is 2.03. The highest BCUT2D eigenvalue weighted by atomic mass is 32.1. The largest absolute Gasteiger partial charge is 0.465 e. The van der Waals surface area contributed by atoms with Crippen LogP contribution in [0.25, 0.3) is 11.3 Å². The van der Waals surface area contributed by atoms with Gasteiger partial charge in [-0.2, -0.15) is 4.37 Å². The molecule has 0 spiro atoms. The molecule has 1 aromatic carbocycles. The zero-order valence-electron chi connectivity index (χ0n) is 9.06. The van der Waals surface area contributed by atoms with Gasteiger partial charge in [0, 0.05) is 5.56 Å². The standard InChI is InChI=1S/C12H11NO2S/c1-8-3-5-9(6-4-8)10-7-11(16-13-10)12(14)15-2/h3-7H,1-2H3. The summed E-state index contributed by atoms with van der Waals surface area (Å²) in [6.07, 6.45) is 0. The SMILES string of the molecule is COC(=O)c1cc(-c2ccc(C)cc2)ns1. The number of nitrogens with zero attached hydrogens (tertiary/aromatic N) is 1. The van der Waals surface area contributed by atoms with E-state index in [2.05, 4.69) is 9.11 Å². The van der Waals surface area contributed by atoms with Gasteiger partial charge in [-0.05, 0) is 24.5 Å². The fourth-order valence-electron chi connectivity index (χ4n) is 1.33. The summed E-state index contributed by atoms with van der Waals surface area (Å²) in [5.41, 5.74) is 3.02. The smallest absolute Gasteiger partial charge is 0.349 e. The minimum Gasteiger partial charge on any atom is -0.465 e. The molecule has 0 fully saturated rings. The van der Waals surface area contributed by atoms with Crippen LogP contribution in [0, 0.1) is 6.92 Å². The van der Waals surface area contributed by atoms with Crippen LogP contribution in [-0.4, -0.2) is 17.5 Å². The van der Waals surface area contributed by atoms with E-state index < -0.39 is 0 Å². The van der Waals surface area contributed by atoms with Gasteiger partial charge in [-0.1, -0.05) is 29.8 Å². The van der Waals surface area contributed by atoms with E-state index in [0.29, 0.717) is 4.88 Å². The van der Waals surface area contributed by atoms with E-state index in [1.54, 1.807) is 6.07 Å². The first-order chi connectivity index (χ1) is 7.70. The maximum Gasteiger partial charge on any atom is 0.349 e. The molecule has 0 aliphatic carbocycles. The highest BCUT2D eigenvalue weighted by molar-refractivity contribution is 7.08. The topological polar surface area (TPSA) is 39.2 Å². The molecule has 0 saturated carbocycles. The minimum atomic E-state index is -0.337. The Hall–Kier alpha value is -1.68. The highest BCUT2D eigenvalue weighted by Gasteiger charge is 2.11. The number of hydrogen-bond acceptors (Lipinski definition) is 4. The number of aromatic nitrogens is 1. The molecule has 1 heterocycles. The van der Waals surface area contributed by atoms with Crippen molar-refractivity contribution in [3.8, 4) is 11.3 Å². The van der Waals surface area contributed by atoms with E-state index in [-0.39, 0.29) is 5.97 Å². The summed E-state index contributed by atoms with van der Waals surface area (Å²) < 4.78 is 8.86. The Morgan fingerprint density at radius 3 is 2.62 bits per heavy atom. The number of rotatable bonds is 2. The predicted octanol–water partition coefficient (Wildman–Crippen LogP) is 2.91. The Bertz CT molecular complexity index is 502. The maximum absolute atomic E-state index is 11.3. The number of benzene rings is 1. The van der Waals surface area contributed by atoms with E-state index in [9.17, 15) is 4.79 Å². The summed E-state index contributed by atoms with van der Waals surface area (Å²) in [7, 11) is 1.37. The molecule has 0 atom stereocenters. The van der Waals surface area contributed by atoms with Crippen LogP contribution in [0.4, 0.5) is 0 Å². The first-order valence-corrected chi connectivity index (χ1v) is 5.60. The number of hydrogen-bond donors (Lipinski definition) is 0. The molecular weight excluding hydrogens is 222 g/mol. The van der Waals surface area contributed by atoms with E-state index in [0.717, 1.165) is 22.8 Å². The Balaban J connectivity index is 2.31. The molecule has 0 saturated heterocycles. The summed E-state index contributed by atoms with van der Waals surface area (Å²) in [5, 5.41) is 0. The highest BCUT2D eigenvalue weighted by Crippen LogP contribution is 2.22. The zero-order chi connectivity index (χ0) is 11.5. The maximum atomic E-state index is 11.3. The van der Waals surface area contributed by atoms with Crippen molar-refractivity contribution in [2.75, 3.05) is 7.11 Å². The molecule has 0 radical (unpaired) electrons. The molecule has 4 heteroatoms. The lowest BCUT2D eigenvalue weighted by Crippen LogP contribution is -1.96. The van der Waals surface area contributed by atoms with Crippen molar-refractivity contribution in [2.24, 2.45) is 0 Å². The van der Waals surface area contributed by atoms with Crippen LogP contribution in [0.2, 0.25) is 0 Å². The molecule has 0 bridgehead atoms. The van der Waals surface area contributed by atoms with Crippen molar-refractivity contribution in [1.82, 2.24) is 4.37 Å². The number of esters is 1. The quantitative estimate of drug-likeness (QED) is 0.749. The number of methoxy groups -OCH3 is 1. The van der Waals surface area contributed by atoms with E-state index in [1.807, 2.05) is 31.2 Å². The van der Waals surface area contributed by atoms with Gasteiger partial charge in [-0.25, -0.2) is 4.79 Å². The third-order valence-electron chi connectivity index (χ3n) is 2.24. The van der Waals surface area contributed by atoms with Gasteiger partial charge in [0.2, 0.25) is 0 Å². The molecule has 2 aromatic rings. The summed E-state index contributed by atoms with van der Waals surface area (Å²) in [6, 6.07) is 9.77. The molecule has 1 aromatic heterocycles. The second kappa shape index (κ2) is 4.45. The van der Waals surface area contributed by atoms with Crippen molar-refractivity contribution < 1.29 is 9.53 Å². The van der Waals surface area contributed by atoms with Crippen LogP contribution in [0.1, 0.15) is 15.2 Å². The van der Waals surface area contributed by atoms with Crippen molar-refractivity contribution in [3.05, 3.63) is 40.8 Å². The molecule has 0 unspecified atom stereocenters. The lowest BCUT2D eigenvalue weighted by molar-refractivity contribution is 0.0606. The number of carbonyl (C=O) groups is 1. The van der Waals surface area contributed by atoms with Crippen molar-refractivity contribution in [2.45, 2.75) is 6.92 Å². The summed E-state index contributed by atoms with van der Waals surface area (Å²) >= 11 is 1.16. The molecule has 16 heavy (non-hydrogen) atoms. The van der Waals surface area contributed by atoms with Gasteiger partial charge in [0.05, 0.1) is 12.8 Å². The first kappa shape index (κ1) is 10.8. The first-order valence-electron chi connectivity index (χ1n) is 4.83. The molecule has 0 aliphatic heterocycles. The van der Waals surface area contributed by atoms with Gasteiger partial charge in [-0.3, -0.25) is 0 Å². The second-order valence-electron chi connectivity index (χ2n) is 3.43. The van der Waals surface area contributed by atoms with Gasteiger partial charge in [0.1, 0.15) is 4.88 Å². The fraction of sp³-hybridized carbons (Fsp3) is 0.167. The van der Waals surface area contributed by atoms with Crippen LogP contribution in [0.5, 0.6) is 0 Å². The second-order valence-corrected chi connectivity index (χ2v) is 4.24. The normalized spacial score (nSPS) is 10.1. The Labute approximate surface area is 97.9 Å². The summed E-state index contributed by atoms with van der Waals surface area (Å²) in [5.74, 6) is -0.337. The lowest BCUT2D eigenvalue weighted by Gasteiger charge is -1.96. The van der Waals surface area contributed by atoms with Gasteiger partial charge in [0.15, 0.2) is 0 Å². The average Bonchev–Trinajstić information content (AvgIpc) is 2.78. The molecule has 2 rings (SSSR count). The molecule has 0 aliphatic rings. The van der Waals surface area contributed by atoms with Gasteiger partial charge >= 0.3 is 5.97 Å². The molecule has 0 amide bonds. The van der Waals surface area contributed by atoms with E-state index in [1.165, 1.54) is 12.7 Å². The van der Waals surface area contributed by atoms with Crippen molar-refractivity contribution >= 4 is 17.5 Å². The molecule has 0 N–H and O–H groups in total. The Morgan fingerprint density at radius 2 is 2.00 bits per heavy atom. The molecule has 3 nitrogen and oxygen atoms in total.